The Hall–Kier alpha value is -2.00. The number of nitrogens with one attached hydrogen (secondary N) is 1. The molecule has 4 rings (SSSR count). The molecule has 0 saturated heterocycles. The van der Waals surface area contributed by atoms with E-state index < -0.39 is 0 Å². The molecule has 0 fully saturated rings. The van der Waals surface area contributed by atoms with Gasteiger partial charge in [-0.2, -0.15) is 0 Å². The molecule has 0 amide bonds. The van der Waals surface area contributed by atoms with E-state index in [1.54, 1.807) is 0 Å². The monoisotopic (exact) mass is 278 g/mol. The first-order chi connectivity index (χ1) is 9.92. The second-order valence-electron chi connectivity index (χ2n) is 4.96. The fourth-order valence-electron chi connectivity index (χ4n) is 2.81. The van der Waals surface area contributed by atoms with Crippen LogP contribution in [0.5, 0.6) is 0 Å². The zero-order chi connectivity index (χ0) is 13.4. The smallest absolute Gasteiger partial charge is 0.130 e. The second kappa shape index (κ2) is 4.84. The highest BCUT2D eigenvalue weighted by Gasteiger charge is 2.35. The molecular formula is C17H14N2S. The van der Waals surface area contributed by atoms with Gasteiger partial charge < -0.3 is 5.32 Å². The molecule has 0 bridgehead atoms. The van der Waals surface area contributed by atoms with E-state index >= 15 is 0 Å². The molecule has 2 aromatic rings. The Kier molecular flexibility index (Phi) is 2.85. The highest BCUT2D eigenvalue weighted by molar-refractivity contribution is 8.03. The summed E-state index contributed by atoms with van der Waals surface area (Å²) in [6.07, 6.45) is 8.44. The van der Waals surface area contributed by atoms with Crippen LogP contribution >= 0.6 is 11.8 Å². The minimum Gasteiger partial charge on any atom is -0.363 e. The fraction of sp³-hybridized carbons (Fsp3) is 0.118. The lowest BCUT2D eigenvalue weighted by Gasteiger charge is -2.23. The molecule has 1 aromatic heterocycles. The Bertz CT molecular complexity index is 691. The first-order valence-electron chi connectivity index (χ1n) is 6.74. The summed E-state index contributed by atoms with van der Waals surface area (Å²) in [5.41, 5.74) is 1.30. The van der Waals surface area contributed by atoms with Crippen LogP contribution in [0.2, 0.25) is 0 Å². The van der Waals surface area contributed by atoms with Gasteiger partial charge in [0.05, 0.1) is 6.04 Å². The number of anilines is 1. The summed E-state index contributed by atoms with van der Waals surface area (Å²) in [6, 6.07) is 15.1. The minimum absolute atomic E-state index is 0.330. The van der Waals surface area contributed by atoms with E-state index in [0.717, 1.165) is 5.82 Å². The first-order valence-corrected chi connectivity index (χ1v) is 7.56. The van der Waals surface area contributed by atoms with E-state index in [1.165, 1.54) is 15.4 Å². The molecule has 98 valence electrons. The molecule has 3 heteroatoms. The van der Waals surface area contributed by atoms with Gasteiger partial charge in [0.25, 0.3) is 0 Å². The molecule has 2 unspecified atom stereocenters. The van der Waals surface area contributed by atoms with Crippen LogP contribution in [0, 0.1) is 0 Å². The molecule has 20 heavy (non-hydrogen) atoms. The summed E-state index contributed by atoms with van der Waals surface area (Å²) >= 11 is 1.85. The van der Waals surface area contributed by atoms with Crippen molar-refractivity contribution in [1.29, 1.82) is 0 Å². The van der Waals surface area contributed by atoms with Gasteiger partial charge in [-0.3, -0.25) is 0 Å². The number of benzene rings is 1. The van der Waals surface area contributed by atoms with Gasteiger partial charge >= 0.3 is 0 Å². The average molecular weight is 278 g/mol. The van der Waals surface area contributed by atoms with E-state index in [2.05, 4.69) is 64.9 Å². The first kappa shape index (κ1) is 11.8. The number of pyridine rings is 1. The Morgan fingerprint density at radius 1 is 1.05 bits per heavy atom. The van der Waals surface area contributed by atoms with E-state index in [0.29, 0.717) is 12.0 Å². The van der Waals surface area contributed by atoms with E-state index in [-0.39, 0.29) is 0 Å². The highest BCUT2D eigenvalue weighted by Crippen LogP contribution is 2.47. The zero-order valence-corrected chi connectivity index (χ0v) is 11.7. The van der Waals surface area contributed by atoms with Gasteiger partial charge in [0.15, 0.2) is 0 Å². The molecule has 1 aromatic carbocycles. The topological polar surface area (TPSA) is 24.9 Å². The zero-order valence-electron chi connectivity index (χ0n) is 10.9. The van der Waals surface area contributed by atoms with Gasteiger partial charge in [0, 0.05) is 22.6 Å². The van der Waals surface area contributed by atoms with Crippen molar-refractivity contribution >= 4 is 17.6 Å². The van der Waals surface area contributed by atoms with Crippen LogP contribution in [0.4, 0.5) is 5.82 Å². The Morgan fingerprint density at radius 3 is 2.85 bits per heavy atom. The number of allylic oxidation sites excluding steroid dienone is 2. The van der Waals surface area contributed by atoms with Gasteiger partial charge in [-0.05, 0) is 23.1 Å². The quantitative estimate of drug-likeness (QED) is 0.891. The van der Waals surface area contributed by atoms with Crippen molar-refractivity contribution in [3.63, 3.8) is 0 Å². The third-order valence-electron chi connectivity index (χ3n) is 3.70. The number of hydrogen-bond acceptors (Lipinski definition) is 3. The third kappa shape index (κ3) is 1.95. The standard InChI is InChI=1S/C17H14N2S/c1-2-6-12(7-3-1)20-15-10-4-9-14-16(15)13-8-5-11-18-17(13)19-14/h1-11,14,16H,(H,18,19). The largest absolute Gasteiger partial charge is 0.363 e. The van der Waals surface area contributed by atoms with Gasteiger partial charge in [-0.25, -0.2) is 4.98 Å². The summed E-state index contributed by atoms with van der Waals surface area (Å²) in [6.45, 7) is 0. The normalized spacial score (nSPS) is 22.7. The van der Waals surface area contributed by atoms with E-state index in [1.807, 2.05) is 24.0 Å². The third-order valence-corrected chi connectivity index (χ3v) is 4.83. The van der Waals surface area contributed by atoms with Crippen LogP contribution in [-0.4, -0.2) is 11.0 Å². The predicted octanol–water partition coefficient (Wildman–Crippen LogP) is 4.21. The molecule has 0 radical (unpaired) electrons. The molecule has 1 N–H and O–H groups in total. The van der Waals surface area contributed by atoms with Crippen LogP contribution < -0.4 is 5.32 Å². The van der Waals surface area contributed by atoms with Gasteiger partial charge in [0.1, 0.15) is 5.82 Å². The van der Waals surface area contributed by atoms with E-state index in [4.69, 9.17) is 0 Å². The molecule has 2 atom stereocenters. The van der Waals surface area contributed by atoms with Gasteiger partial charge in [-0.1, -0.05) is 54.3 Å². The Morgan fingerprint density at radius 2 is 1.95 bits per heavy atom. The molecule has 2 nitrogen and oxygen atoms in total. The minimum atomic E-state index is 0.330. The molecule has 1 aliphatic carbocycles. The summed E-state index contributed by atoms with van der Waals surface area (Å²) < 4.78 is 0. The summed E-state index contributed by atoms with van der Waals surface area (Å²) in [4.78, 5) is 7.10. The Balaban J connectivity index is 1.70. The second-order valence-corrected chi connectivity index (χ2v) is 6.11. The van der Waals surface area contributed by atoms with Crippen molar-refractivity contribution < 1.29 is 0 Å². The number of thioether (sulfide) groups is 1. The van der Waals surface area contributed by atoms with Crippen molar-refractivity contribution in [2.24, 2.45) is 0 Å². The highest BCUT2D eigenvalue weighted by atomic mass is 32.2. The van der Waals surface area contributed by atoms with Crippen molar-refractivity contribution in [1.82, 2.24) is 4.98 Å². The maximum atomic E-state index is 4.44. The Labute approximate surface area is 122 Å². The maximum Gasteiger partial charge on any atom is 0.130 e. The van der Waals surface area contributed by atoms with Crippen LogP contribution in [0.15, 0.2) is 76.7 Å². The van der Waals surface area contributed by atoms with E-state index in [9.17, 15) is 0 Å². The number of rotatable bonds is 2. The predicted molar refractivity (Wildman–Crippen MR) is 83.9 cm³/mol. The summed E-state index contributed by atoms with van der Waals surface area (Å²) in [5.74, 6) is 1.41. The molecule has 1 aliphatic heterocycles. The molecular weight excluding hydrogens is 264 g/mol. The van der Waals surface area contributed by atoms with Crippen LogP contribution in [0.3, 0.4) is 0 Å². The molecule has 2 aliphatic rings. The molecule has 2 heterocycles. The summed E-state index contributed by atoms with van der Waals surface area (Å²) in [5, 5.41) is 3.50. The maximum absolute atomic E-state index is 4.44. The number of hydrogen-bond donors (Lipinski definition) is 1. The lowest BCUT2D eigenvalue weighted by Crippen LogP contribution is -2.20. The van der Waals surface area contributed by atoms with Gasteiger partial charge in [0.2, 0.25) is 0 Å². The van der Waals surface area contributed by atoms with Crippen molar-refractivity contribution in [3.8, 4) is 0 Å². The SMILES string of the molecule is C1=CC2Nc3ncccc3C2C(Sc2ccccc2)=C1. The number of nitrogens with zero attached hydrogens (tertiary/aromatic N) is 1. The molecule has 0 saturated carbocycles. The lowest BCUT2D eigenvalue weighted by atomic mass is 9.92. The number of fused-ring (bicyclic) bond motifs is 3. The van der Waals surface area contributed by atoms with Crippen molar-refractivity contribution in [2.75, 3.05) is 5.32 Å². The fourth-order valence-corrected chi connectivity index (χ4v) is 3.92. The van der Waals surface area contributed by atoms with Crippen LogP contribution in [-0.2, 0) is 0 Å². The lowest BCUT2D eigenvalue weighted by molar-refractivity contribution is 0.794. The van der Waals surface area contributed by atoms with Crippen molar-refractivity contribution in [3.05, 3.63) is 77.4 Å². The van der Waals surface area contributed by atoms with Crippen LogP contribution in [0.1, 0.15) is 11.5 Å². The van der Waals surface area contributed by atoms with Crippen molar-refractivity contribution in [2.45, 2.75) is 16.9 Å². The molecule has 0 spiro atoms. The van der Waals surface area contributed by atoms with Crippen LogP contribution in [0.25, 0.3) is 0 Å². The summed E-state index contributed by atoms with van der Waals surface area (Å²) in [7, 11) is 0. The average Bonchev–Trinajstić information content (AvgIpc) is 2.88. The number of aromatic nitrogens is 1. The van der Waals surface area contributed by atoms with Gasteiger partial charge in [-0.15, -0.1) is 0 Å².